The molecule has 0 fully saturated rings. The van der Waals surface area contributed by atoms with Gasteiger partial charge in [-0.3, -0.25) is 4.79 Å². The van der Waals surface area contributed by atoms with Crippen LogP contribution < -0.4 is 5.73 Å². The predicted molar refractivity (Wildman–Crippen MR) is 110 cm³/mol. The molecule has 4 aromatic rings. The van der Waals surface area contributed by atoms with Gasteiger partial charge in [0.25, 0.3) is 0 Å². The standard InChI is InChI=1S/C22H13N5OS/c23-11-14-10-15(20(28)13-6-2-1-3-7-13)21(25)27-19(14)16(12-24)22-26-17-8-4-5-9-18(17)29-22/h1-10,16H,(H2,25,27). The van der Waals surface area contributed by atoms with Gasteiger partial charge in [-0.1, -0.05) is 42.5 Å². The Bertz CT molecular complexity index is 1280. The van der Waals surface area contributed by atoms with E-state index in [9.17, 15) is 15.3 Å². The molecule has 2 aromatic heterocycles. The number of fused-ring (bicyclic) bond motifs is 1. The molecule has 0 radical (unpaired) electrons. The van der Waals surface area contributed by atoms with E-state index >= 15 is 0 Å². The largest absolute Gasteiger partial charge is 0.383 e. The van der Waals surface area contributed by atoms with Crippen LogP contribution in [0, 0.1) is 22.7 Å². The molecule has 0 saturated heterocycles. The van der Waals surface area contributed by atoms with Crippen molar-refractivity contribution in [2.45, 2.75) is 5.92 Å². The number of ketones is 1. The molecular formula is C22H13N5OS. The summed E-state index contributed by atoms with van der Waals surface area (Å²) in [6.45, 7) is 0. The number of carbonyl (C=O) groups is 1. The fraction of sp³-hybridized carbons (Fsp3) is 0.0455. The highest BCUT2D eigenvalue weighted by Crippen LogP contribution is 2.33. The van der Waals surface area contributed by atoms with Gasteiger partial charge >= 0.3 is 0 Å². The summed E-state index contributed by atoms with van der Waals surface area (Å²) < 4.78 is 0.935. The molecule has 0 aliphatic carbocycles. The van der Waals surface area contributed by atoms with Crippen molar-refractivity contribution in [1.82, 2.24) is 9.97 Å². The van der Waals surface area contributed by atoms with Crippen molar-refractivity contribution in [2.24, 2.45) is 0 Å². The highest BCUT2D eigenvalue weighted by molar-refractivity contribution is 7.18. The predicted octanol–water partition coefficient (Wildman–Crippen LogP) is 4.03. The van der Waals surface area contributed by atoms with Crippen LogP contribution in [0.4, 0.5) is 5.82 Å². The first kappa shape index (κ1) is 18.3. The van der Waals surface area contributed by atoms with E-state index < -0.39 is 5.92 Å². The summed E-state index contributed by atoms with van der Waals surface area (Å²) in [5.41, 5.74) is 7.75. The third-order valence-electron chi connectivity index (χ3n) is 4.44. The molecule has 0 spiro atoms. The molecule has 1 unspecified atom stereocenters. The van der Waals surface area contributed by atoms with E-state index in [-0.39, 0.29) is 28.4 Å². The molecule has 2 aromatic carbocycles. The second-order valence-electron chi connectivity index (χ2n) is 6.24. The number of rotatable bonds is 4. The number of nitrogen functional groups attached to an aromatic ring is 1. The Morgan fingerprint density at radius 2 is 1.76 bits per heavy atom. The minimum Gasteiger partial charge on any atom is -0.383 e. The third kappa shape index (κ3) is 3.31. The second-order valence-corrected chi connectivity index (χ2v) is 7.31. The number of aromatic nitrogens is 2. The first-order valence-corrected chi connectivity index (χ1v) is 9.49. The Morgan fingerprint density at radius 1 is 1.03 bits per heavy atom. The Kier molecular flexibility index (Phi) is 4.74. The van der Waals surface area contributed by atoms with Crippen LogP contribution in [0.3, 0.4) is 0 Å². The van der Waals surface area contributed by atoms with Crippen molar-refractivity contribution in [1.29, 1.82) is 10.5 Å². The lowest BCUT2D eigenvalue weighted by Crippen LogP contribution is -2.12. The third-order valence-corrected chi connectivity index (χ3v) is 5.54. The molecule has 2 N–H and O–H groups in total. The number of anilines is 1. The van der Waals surface area contributed by atoms with Crippen molar-refractivity contribution in [3.63, 3.8) is 0 Å². The number of nitrogens with zero attached hydrogens (tertiary/aromatic N) is 4. The summed E-state index contributed by atoms with van der Waals surface area (Å²) in [5.74, 6) is -1.20. The normalized spacial score (nSPS) is 11.5. The molecule has 7 heteroatoms. The van der Waals surface area contributed by atoms with E-state index in [1.807, 2.05) is 30.3 Å². The lowest BCUT2D eigenvalue weighted by molar-refractivity contribution is 0.103. The van der Waals surface area contributed by atoms with Crippen LogP contribution in [0.2, 0.25) is 0 Å². The first-order chi connectivity index (χ1) is 14.1. The van der Waals surface area contributed by atoms with Crippen molar-refractivity contribution < 1.29 is 4.79 Å². The molecule has 0 aliphatic rings. The van der Waals surface area contributed by atoms with E-state index in [2.05, 4.69) is 16.0 Å². The van der Waals surface area contributed by atoms with Crippen molar-refractivity contribution in [3.05, 3.63) is 88.1 Å². The van der Waals surface area contributed by atoms with Gasteiger partial charge in [-0.05, 0) is 18.2 Å². The van der Waals surface area contributed by atoms with Gasteiger partial charge in [0.1, 0.15) is 22.8 Å². The SMILES string of the molecule is N#Cc1cc(C(=O)c2ccccc2)c(N)nc1C(C#N)c1nc2ccccc2s1. The van der Waals surface area contributed by atoms with Crippen LogP contribution in [0.25, 0.3) is 10.2 Å². The first-order valence-electron chi connectivity index (χ1n) is 8.67. The van der Waals surface area contributed by atoms with Crippen molar-refractivity contribution >= 4 is 33.2 Å². The number of benzene rings is 2. The zero-order valence-corrected chi connectivity index (χ0v) is 15.9. The molecule has 0 saturated carbocycles. The van der Waals surface area contributed by atoms with Crippen LogP contribution in [-0.4, -0.2) is 15.8 Å². The molecule has 1 atom stereocenters. The molecule has 2 heterocycles. The van der Waals surface area contributed by atoms with Crippen LogP contribution in [0.5, 0.6) is 0 Å². The van der Waals surface area contributed by atoms with Crippen LogP contribution in [0.15, 0.2) is 60.7 Å². The minimum absolute atomic E-state index is 0.0192. The maximum Gasteiger partial charge on any atom is 0.196 e. The topological polar surface area (TPSA) is 116 Å². The lowest BCUT2D eigenvalue weighted by atomic mass is 9.97. The molecule has 0 aliphatic heterocycles. The van der Waals surface area contributed by atoms with Gasteiger partial charge in [-0.2, -0.15) is 10.5 Å². The molecule has 6 nitrogen and oxygen atoms in total. The average Bonchev–Trinajstić information content (AvgIpc) is 3.18. The molecule has 138 valence electrons. The van der Waals surface area contributed by atoms with Crippen LogP contribution >= 0.6 is 11.3 Å². The number of carbonyl (C=O) groups excluding carboxylic acids is 1. The summed E-state index contributed by atoms with van der Waals surface area (Å²) in [7, 11) is 0. The van der Waals surface area contributed by atoms with Gasteiger partial charge in [0.2, 0.25) is 0 Å². The minimum atomic E-state index is -0.856. The van der Waals surface area contributed by atoms with Gasteiger partial charge in [-0.25, -0.2) is 9.97 Å². The zero-order valence-electron chi connectivity index (χ0n) is 15.0. The van der Waals surface area contributed by atoms with E-state index in [1.165, 1.54) is 17.4 Å². The number of thiazole rings is 1. The summed E-state index contributed by atoms with van der Waals surface area (Å²) in [6.07, 6.45) is 0. The van der Waals surface area contributed by atoms with E-state index in [4.69, 9.17) is 5.73 Å². The highest BCUT2D eigenvalue weighted by Gasteiger charge is 2.26. The molecular weight excluding hydrogens is 382 g/mol. The second kappa shape index (κ2) is 7.51. The van der Waals surface area contributed by atoms with Crippen LogP contribution in [-0.2, 0) is 0 Å². The Morgan fingerprint density at radius 3 is 2.45 bits per heavy atom. The summed E-state index contributed by atoms with van der Waals surface area (Å²) in [4.78, 5) is 21.6. The van der Waals surface area contributed by atoms with Gasteiger partial charge in [-0.15, -0.1) is 11.3 Å². The monoisotopic (exact) mass is 395 g/mol. The summed E-state index contributed by atoms with van der Waals surface area (Å²) in [5, 5.41) is 20.0. The molecule has 0 amide bonds. The summed E-state index contributed by atoms with van der Waals surface area (Å²) in [6, 6.07) is 21.8. The van der Waals surface area contributed by atoms with Gasteiger partial charge < -0.3 is 5.73 Å². The number of nitriles is 2. The molecule has 29 heavy (non-hydrogen) atoms. The molecule has 0 bridgehead atoms. The van der Waals surface area contributed by atoms with Crippen LogP contribution in [0.1, 0.15) is 38.1 Å². The molecule has 4 rings (SSSR count). The fourth-order valence-corrected chi connectivity index (χ4v) is 4.04. The Labute approximate surface area is 170 Å². The van der Waals surface area contributed by atoms with E-state index in [0.29, 0.717) is 10.6 Å². The zero-order chi connectivity index (χ0) is 20.4. The van der Waals surface area contributed by atoms with Gasteiger partial charge in [0.15, 0.2) is 5.78 Å². The highest BCUT2D eigenvalue weighted by atomic mass is 32.1. The fourth-order valence-electron chi connectivity index (χ4n) is 3.03. The maximum absolute atomic E-state index is 12.8. The van der Waals surface area contributed by atoms with Gasteiger partial charge in [0.05, 0.1) is 33.1 Å². The maximum atomic E-state index is 12.8. The number of nitrogens with two attached hydrogens (primary N) is 1. The number of para-hydroxylation sites is 1. The Balaban J connectivity index is 1.81. The number of hydrogen-bond donors (Lipinski definition) is 1. The lowest BCUT2D eigenvalue weighted by Gasteiger charge is -2.11. The Hall–Kier alpha value is -4.07. The summed E-state index contributed by atoms with van der Waals surface area (Å²) >= 11 is 1.37. The smallest absolute Gasteiger partial charge is 0.196 e. The van der Waals surface area contributed by atoms with Crippen molar-refractivity contribution in [3.8, 4) is 12.1 Å². The van der Waals surface area contributed by atoms with Gasteiger partial charge in [0, 0.05) is 5.56 Å². The quantitative estimate of drug-likeness (QED) is 0.521. The van der Waals surface area contributed by atoms with E-state index in [0.717, 1.165) is 10.2 Å². The number of pyridine rings is 1. The average molecular weight is 395 g/mol. The number of hydrogen-bond acceptors (Lipinski definition) is 7. The van der Waals surface area contributed by atoms with Crippen molar-refractivity contribution in [2.75, 3.05) is 5.73 Å². The van der Waals surface area contributed by atoms with E-state index in [1.54, 1.807) is 30.3 Å².